The van der Waals surface area contributed by atoms with Crippen molar-refractivity contribution in [1.29, 1.82) is 0 Å². The minimum Gasteiger partial charge on any atom is -0.315 e. The zero-order chi connectivity index (χ0) is 12.3. The molecule has 2 nitrogen and oxygen atoms in total. The van der Waals surface area contributed by atoms with Crippen molar-refractivity contribution in [1.82, 2.24) is 10.2 Å². The van der Waals surface area contributed by atoms with Crippen LogP contribution in [0.25, 0.3) is 0 Å². The molecule has 94 valence electrons. The van der Waals surface area contributed by atoms with Crippen LogP contribution < -0.4 is 5.32 Å². The molecule has 0 radical (unpaired) electrons. The van der Waals surface area contributed by atoms with Crippen LogP contribution in [0.3, 0.4) is 0 Å². The van der Waals surface area contributed by atoms with Crippen LogP contribution in [-0.2, 0) is 6.54 Å². The number of nitrogens with zero attached hydrogens (tertiary/aromatic N) is 1. The van der Waals surface area contributed by atoms with Gasteiger partial charge in [-0.15, -0.1) is 0 Å². The van der Waals surface area contributed by atoms with Crippen molar-refractivity contribution in [2.75, 3.05) is 20.1 Å². The maximum absolute atomic E-state index is 13.2. The Bertz CT molecular complexity index is 357. The Morgan fingerprint density at radius 3 is 2.94 bits per heavy atom. The van der Waals surface area contributed by atoms with Crippen molar-refractivity contribution in [2.45, 2.75) is 25.4 Å². The van der Waals surface area contributed by atoms with Gasteiger partial charge in [0, 0.05) is 24.2 Å². The highest BCUT2D eigenvalue weighted by molar-refractivity contribution is 6.30. The number of nitrogens with one attached hydrogen (secondary N) is 1. The van der Waals surface area contributed by atoms with E-state index in [1.165, 1.54) is 18.9 Å². The second kappa shape index (κ2) is 5.80. The zero-order valence-corrected chi connectivity index (χ0v) is 10.8. The zero-order valence-electron chi connectivity index (χ0n) is 10.0. The summed E-state index contributed by atoms with van der Waals surface area (Å²) in [5.41, 5.74) is 0.933. The van der Waals surface area contributed by atoms with Gasteiger partial charge in [-0.1, -0.05) is 11.6 Å². The van der Waals surface area contributed by atoms with Crippen molar-refractivity contribution in [3.05, 3.63) is 34.6 Å². The van der Waals surface area contributed by atoms with Crippen LogP contribution >= 0.6 is 11.6 Å². The summed E-state index contributed by atoms with van der Waals surface area (Å²) in [7, 11) is 2.08. The van der Waals surface area contributed by atoms with Crippen molar-refractivity contribution in [3.8, 4) is 0 Å². The smallest absolute Gasteiger partial charge is 0.125 e. The Labute approximate surface area is 107 Å². The van der Waals surface area contributed by atoms with Crippen LogP contribution in [0.2, 0.25) is 5.02 Å². The molecule has 1 saturated heterocycles. The van der Waals surface area contributed by atoms with Gasteiger partial charge in [-0.2, -0.15) is 0 Å². The summed E-state index contributed by atoms with van der Waals surface area (Å²) in [6, 6.07) is 5.26. The number of piperidine rings is 1. The van der Waals surface area contributed by atoms with Crippen LogP contribution in [0.15, 0.2) is 18.2 Å². The summed E-state index contributed by atoms with van der Waals surface area (Å²) in [5.74, 6) is -0.261. The lowest BCUT2D eigenvalue weighted by Crippen LogP contribution is -2.43. The third-order valence-corrected chi connectivity index (χ3v) is 3.47. The van der Waals surface area contributed by atoms with Gasteiger partial charge in [-0.05, 0) is 50.2 Å². The van der Waals surface area contributed by atoms with E-state index in [4.69, 9.17) is 11.6 Å². The molecular formula is C13H18ClFN2. The average Bonchev–Trinajstić information content (AvgIpc) is 2.28. The van der Waals surface area contributed by atoms with Gasteiger partial charge >= 0.3 is 0 Å². The van der Waals surface area contributed by atoms with Crippen molar-refractivity contribution < 1.29 is 4.39 Å². The predicted octanol–water partition coefficient (Wildman–Crippen LogP) is 2.66. The SMILES string of the molecule is CN(Cc1cc(F)cc(Cl)c1)C1CCCNC1. The molecule has 1 fully saturated rings. The summed E-state index contributed by atoms with van der Waals surface area (Å²) < 4.78 is 13.2. The number of hydrogen-bond acceptors (Lipinski definition) is 2. The van der Waals surface area contributed by atoms with Gasteiger partial charge in [0.25, 0.3) is 0 Å². The monoisotopic (exact) mass is 256 g/mol. The van der Waals surface area contributed by atoms with E-state index in [2.05, 4.69) is 17.3 Å². The second-order valence-corrected chi connectivity index (χ2v) is 5.13. The highest BCUT2D eigenvalue weighted by Gasteiger charge is 2.17. The Balaban J connectivity index is 1.99. The Morgan fingerprint density at radius 2 is 2.29 bits per heavy atom. The van der Waals surface area contributed by atoms with Gasteiger partial charge in [-0.3, -0.25) is 4.90 Å². The standard InChI is InChI=1S/C13H18ClFN2/c1-17(13-3-2-4-16-8-13)9-10-5-11(14)7-12(15)6-10/h5-7,13,16H,2-4,8-9H2,1H3. The summed E-state index contributed by atoms with van der Waals surface area (Å²) in [5, 5.41) is 3.85. The third-order valence-electron chi connectivity index (χ3n) is 3.25. The van der Waals surface area contributed by atoms with Crippen molar-refractivity contribution in [2.24, 2.45) is 0 Å². The second-order valence-electron chi connectivity index (χ2n) is 4.69. The molecule has 0 aliphatic carbocycles. The first-order chi connectivity index (χ1) is 8.15. The molecule has 1 heterocycles. The minimum absolute atomic E-state index is 0.261. The van der Waals surface area contributed by atoms with E-state index in [1.807, 2.05) is 6.07 Å². The molecular weight excluding hydrogens is 239 g/mol. The maximum Gasteiger partial charge on any atom is 0.125 e. The average molecular weight is 257 g/mol. The first-order valence-corrected chi connectivity index (χ1v) is 6.39. The lowest BCUT2D eigenvalue weighted by molar-refractivity contribution is 0.195. The number of hydrogen-bond donors (Lipinski definition) is 1. The third kappa shape index (κ3) is 3.66. The van der Waals surface area contributed by atoms with Crippen molar-refractivity contribution >= 4 is 11.6 Å². The fourth-order valence-electron chi connectivity index (χ4n) is 2.33. The van der Waals surface area contributed by atoms with Gasteiger partial charge < -0.3 is 5.32 Å². The molecule has 17 heavy (non-hydrogen) atoms. The van der Waals surface area contributed by atoms with Gasteiger partial charge in [0.2, 0.25) is 0 Å². The highest BCUT2D eigenvalue weighted by atomic mass is 35.5. The summed E-state index contributed by atoms with van der Waals surface area (Å²) in [6.45, 7) is 2.86. The largest absolute Gasteiger partial charge is 0.315 e. The molecule has 1 aliphatic rings. The molecule has 1 aromatic rings. The number of rotatable bonds is 3. The normalized spacial score (nSPS) is 20.8. The highest BCUT2D eigenvalue weighted by Crippen LogP contribution is 2.17. The van der Waals surface area contributed by atoms with E-state index in [-0.39, 0.29) is 5.82 Å². The molecule has 0 aromatic heterocycles. The molecule has 1 unspecified atom stereocenters. The summed E-state index contributed by atoms with van der Waals surface area (Å²) in [6.07, 6.45) is 2.41. The topological polar surface area (TPSA) is 15.3 Å². The van der Waals surface area contributed by atoms with E-state index in [1.54, 1.807) is 6.07 Å². The first-order valence-electron chi connectivity index (χ1n) is 6.01. The Morgan fingerprint density at radius 1 is 1.47 bits per heavy atom. The van der Waals surface area contributed by atoms with E-state index in [0.29, 0.717) is 11.1 Å². The Hall–Kier alpha value is -0.640. The minimum atomic E-state index is -0.261. The van der Waals surface area contributed by atoms with Gasteiger partial charge in [0.05, 0.1) is 0 Å². The van der Waals surface area contributed by atoms with Crippen LogP contribution in [0.4, 0.5) is 4.39 Å². The van der Waals surface area contributed by atoms with Crippen LogP contribution in [0.5, 0.6) is 0 Å². The lowest BCUT2D eigenvalue weighted by atomic mass is 10.1. The number of benzene rings is 1. The van der Waals surface area contributed by atoms with Crippen LogP contribution in [0, 0.1) is 5.82 Å². The molecule has 1 aliphatic heterocycles. The lowest BCUT2D eigenvalue weighted by Gasteiger charge is -2.31. The number of halogens is 2. The summed E-state index contributed by atoms with van der Waals surface area (Å²) >= 11 is 5.85. The Kier molecular flexibility index (Phi) is 4.37. The molecule has 1 atom stereocenters. The van der Waals surface area contributed by atoms with Crippen LogP contribution in [0.1, 0.15) is 18.4 Å². The molecule has 0 bridgehead atoms. The number of likely N-dealkylation sites (N-methyl/N-ethyl adjacent to an activating group) is 1. The van der Waals surface area contributed by atoms with Crippen molar-refractivity contribution in [3.63, 3.8) is 0 Å². The molecule has 4 heteroatoms. The van der Waals surface area contributed by atoms with E-state index >= 15 is 0 Å². The molecule has 1 N–H and O–H groups in total. The molecule has 0 spiro atoms. The van der Waals surface area contributed by atoms with E-state index in [9.17, 15) is 4.39 Å². The molecule has 0 amide bonds. The quantitative estimate of drug-likeness (QED) is 0.895. The first kappa shape index (κ1) is 12.8. The predicted molar refractivity (Wildman–Crippen MR) is 68.8 cm³/mol. The van der Waals surface area contributed by atoms with Gasteiger partial charge in [0.1, 0.15) is 5.82 Å². The van der Waals surface area contributed by atoms with E-state index in [0.717, 1.165) is 25.2 Å². The van der Waals surface area contributed by atoms with E-state index < -0.39 is 0 Å². The molecule has 2 rings (SSSR count). The summed E-state index contributed by atoms with van der Waals surface area (Å²) in [4.78, 5) is 2.26. The fourth-order valence-corrected chi connectivity index (χ4v) is 2.57. The molecule has 0 saturated carbocycles. The van der Waals surface area contributed by atoms with Gasteiger partial charge in [0.15, 0.2) is 0 Å². The molecule has 1 aromatic carbocycles. The van der Waals surface area contributed by atoms with Gasteiger partial charge in [-0.25, -0.2) is 4.39 Å². The maximum atomic E-state index is 13.2. The fraction of sp³-hybridized carbons (Fsp3) is 0.538. The van der Waals surface area contributed by atoms with Crippen LogP contribution in [-0.4, -0.2) is 31.1 Å².